The third-order valence-electron chi connectivity index (χ3n) is 9.41. The molecule has 3 aromatic rings. The van der Waals surface area contributed by atoms with Crippen molar-refractivity contribution in [2.24, 2.45) is 11.5 Å². The number of H-pyrrole nitrogens is 1. The van der Waals surface area contributed by atoms with Crippen LogP contribution in [0.25, 0.3) is 10.9 Å². The van der Waals surface area contributed by atoms with Gasteiger partial charge in [-0.3, -0.25) is 14.4 Å². The van der Waals surface area contributed by atoms with Gasteiger partial charge in [0.05, 0.1) is 16.1 Å². The first kappa shape index (κ1) is 39.4. The average Bonchev–Trinajstić information content (AvgIpc) is 3.55. The number of carbonyl (C=O) groups excluding carboxylic acids is 3. The second-order valence-electron chi connectivity index (χ2n) is 13.1. The number of aromatic nitrogens is 1. The zero-order chi connectivity index (χ0) is 37.2. The molecular formula is C36H48BClN8O5S. The van der Waals surface area contributed by atoms with Gasteiger partial charge in [-0.05, 0) is 79.5 Å². The fourth-order valence-electron chi connectivity index (χ4n) is 6.47. The quantitative estimate of drug-likeness (QED) is 0.106. The van der Waals surface area contributed by atoms with E-state index in [-0.39, 0.29) is 29.4 Å². The molecule has 11 N–H and O–H groups in total. The second kappa shape index (κ2) is 18.8. The number of unbranched alkanes of at least 4 members (excludes halogenated alkanes) is 1. The third kappa shape index (κ3) is 9.78. The highest BCUT2D eigenvalue weighted by atomic mass is 35.5. The van der Waals surface area contributed by atoms with Gasteiger partial charge >= 0.3 is 7.12 Å². The second-order valence-corrected chi connectivity index (χ2v) is 14.5. The molecular weight excluding hydrogens is 703 g/mol. The monoisotopic (exact) mass is 750 g/mol. The van der Waals surface area contributed by atoms with Crippen LogP contribution < -0.4 is 38.2 Å². The van der Waals surface area contributed by atoms with Crippen molar-refractivity contribution in [1.82, 2.24) is 31.2 Å². The van der Waals surface area contributed by atoms with Gasteiger partial charge in [0.25, 0.3) is 0 Å². The van der Waals surface area contributed by atoms with Crippen LogP contribution in [0, 0.1) is 0 Å². The highest BCUT2D eigenvalue weighted by Crippen LogP contribution is 2.36. The Bertz CT molecular complexity index is 1800. The summed E-state index contributed by atoms with van der Waals surface area (Å²) in [6, 6.07) is 8.29. The van der Waals surface area contributed by atoms with E-state index < -0.39 is 37.1 Å². The molecule has 13 nitrogen and oxygen atoms in total. The number of nitrogens with two attached hydrogens (primary N) is 2. The third-order valence-corrected chi connectivity index (χ3v) is 11.1. The molecule has 2 aromatic carbocycles. The normalized spacial score (nSPS) is 20.5. The van der Waals surface area contributed by atoms with Crippen molar-refractivity contribution >= 4 is 64.6 Å². The zero-order valence-electron chi connectivity index (χ0n) is 29.3. The Balaban J connectivity index is 1.59. The Kier molecular flexibility index (Phi) is 14.2. The van der Waals surface area contributed by atoms with Crippen LogP contribution in [0.1, 0.15) is 43.2 Å². The van der Waals surface area contributed by atoms with Gasteiger partial charge in [0.1, 0.15) is 12.1 Å². The number of amides is 3. The number of likely N-dealkylation sites (N-methyl/N-ethyl adjacent to an activating group) is 1. The number of hydrogen-bond donors (Lipinski definition) is 9. The van der Waals surface area contributed by atoms with Crippen LogP contribution in [-0.4, -0.2) is 96.1 Å². The number of aromatic amines is 1. The molecule has 3 atom stereocenters. The summed E-state index contributed by atoms with van der Waals surface area (Å²) in [7, 11) is -0.203. The molecule has 3 heterocycles. The van der Waals surface area contributed by atoms with Crippen molar-refractivity contribution in [3.05, 3.63) is 81.5 Å². The van der Waals surface area contributed by atoms with Crippen LogP contribution in [-0.2, 0) is 27.3 Å². The zero-order valence-corrected chi connectivity index (χ0v) is 30.9. The van der Waals surface area contributed by atoms with E-state index >= 15 is 0 Å². The van der Waals surface area contributed by atoms with Crippen molar-refractivity contribution in [1.29, 1.82) is 0 Å². The van der Waals surface area contributed by atoms with Gasteiger partial charge < -0.3 is 52.7 Å². The van der Waals surface area contributed by atoms with E-state index in [4.69, 9.17) is 23.1 Å². The lowest BCUT2D eigenvalue weighted by atomic mass is 9.79. The summed E-state index contributed by atoms with van der Waals surface area (Å²) in [5, 5.41) is 34.9. The maximum absolute atomic E-state index is 14.4. The highest BCUT2D eigenvalue weighted by molar-refractivity contribution is 8.03. The van der Waals surface area contributed by atoms with Crippen molar-refractivity contribution in [2.75, 3.05) is 33.2 Å². The Morgan fingerprint density at radius 1 is 0.981 bits per heavy atom. The predicted octanol–water partition coefficient (Wildman–Crippen LogP) is 0.975. The molecule has 16 heteroatoms. The molecule has 0 saturated carbocycles. The fourth-order valence-corrected chi connectivity index (χ4v) is 7.88. The Morgan fingerprint density at radius 2 is 1.75 bits per heavy atom. The summed E-state index contributed by atoms with van der Waals surface area (Å²) in [5.41, 5.74) is 15.0. The molecule has 0 radical (unpaired) electrons. The van der Waals surface area contributed by atoms with Crippen LogP contribution >= 0.6 is 23.4 Å². The highest BCUT2D eigenvalue weighted by Gasteiger charge is 2.34. The average molecular weight is 751 g/mol. The van der Waals surface area contributed by atoms with Gasteiger partial charge in [-0.15, -0.1) is 0 Å². The van der Waals surface area contributed by atoms with Crippen LogP contribution in [0.2, 0.25) is 5.02 Å². The summed E-state index contributed by atoms with van der Waals surface area (Å²) in [5.74, 6) is -1.16. The van der Waals surface area contributed by atoms with Gasteiger partial charge in [-0.2, -0.15) is 0 Å². The summed E-state index contributed by atoms with van der Waals surface area (Å²) >= 11 is 8.16. The summed E-state index contributed by atoms with van der Waals surface area (Å²) < 4.78 is 0. The van der Waals surface area contributed by atoms with Gasteiger partial charge in [0.15, 0.2) is 0 Å². The molecule has 2 aliphatic heterocycles. The lowest BCUT2D eigenvalue weighted by molar-refractivity contribution is -0.142. The Labute approximate surface area is 313 Å². The van der Waals surface area contributed by atoms with E-state index in [2.05, 4.69) is 26.3 Å². The van der Waals surface area contributed by atoms with E-state index in [1.807, 2.05) is 42.6 Å². The molecule has 0 fully saturated rings. The molecule has 1 aromatic heterocycles. The number of carbonyl (C=O) groups is 3. The first-order valence-electron chi connectivity index (χ1n) is 17.6. The van der Waals surface area contributed by atoms with Gasteiger partial charge in [0.2, 0.25) is 17.7 Å². The molecule has 0 saturated heterocycles. The molecule has 0 spiro atoms. The van der Waals surface area contributed by atoms with E-state index in [1.54, 1.807) is 13.1 Å². The number of fused-ring (bicyclic) bond motifs is 2. The van der Waals surface area contributed by atoms with Gasteiger partial charge in [-0.1, -0.05) is 59.8 Å². The fraction of sp³-hybridized carbons (Fsp3) is 0.417. The number of hydrogen-bond acceptors (Lipinski definition) is 10. The molecule has 0 aliphatic carbocycles. The number of halogens is 1. The molecule has 5 rings (SSSR count). The van der Waals surface area contributed by atoms with Crippen LogP contribution in [0.4, 0.5) is 0 Å². The standard InChI is InChI=1S/C36H48BClN8O5S/c1-46-31(17-23-20-42-28-10-3-2-9-26(23)28)34(48)44-21-24-16-25(37(50)51)18-27(38)32(24)52-35-22(8-7-15-41-35)19-43-29(12-6-14-40)33(47)45-30(36(46)49)11-4-5-13-39/h2-3,7-10,16,18,20,29-31,41-43,50-51H,4-6,11-15,17,19,21,39-40H2,1H3,(H,44,48)(H,45,47)/t29-,30-,31-/m0/s1. The summed E-state index contributed by atoms with van der Waals surface area (Å²) in [6.45, 7) is 1.71. The number of para-hydroxylation sites is 1. The molecule has 0 bridgehead atoms. The lowest BCUT2D eigenvalue weighted by Crippen LogP contribution is -2.57. The van der Waals surface area contributed by atoms with Crippen molar-refractivity contribution in [3.8, 4) is 0 Å². The van der Waals surface area contributed by atoms with E-state index in [0.29, 0.717) is 68.7 Å². The van der Waals surface area contributed by atoms with Gasteiger partial charge in [0, 0.05) is 55.1 Å². The minimum absolute atomic E-state index is 0.0115. The predicted molar refractivity (Wildman–Crippen MR) is 207 cm³/mol. The molecule has 2 aliphatic rings. The number of nitrogens with one attached hydrogen (secondary N) is 5. The Hall–Kier alpha value is -3.83. The maximum Gasteiger partial charge on any atom is 0.488 e. The van der Waals surface area contributed by atoms with Crippen LogP contribution in [0.5, 0.6) is 0 Å². The minimum Gasteiger partial charge on any atom is -0.423 e. The van der Waals surface area contributed by atoms with E-state index in [0.717, 1.165) is 27.1 Å². The number of benzene rings is 2. The molecule has 0 unspecified atom stereocenters. The smallest absolute Gasteiger partial charge is 0.423 e. The van der Waals surface area contributed by atoms with E-state index in [1.165, 1.54) is 22.7 Å². The molecule has 3 amide bonds. The SMILES string of the molecule is CN1C(=O)[C@H](CCCCN)NC(=O)[C@H](CCCN)NCC2=C(NCC=C2)Sc2c(Cl)cc(B(O)O)cc2CNC(=O)[C@@H]1Cc1c[nH]c2ccccc12. The number of rotatable bonds is 10. The first-order valence-corrected chi connectivity index (χ1v) is 18.8. The minimum atomic E-state index is -1.78. The summed E-state index contributed by atoms with van der Waals surface area (Å²) in [4.78, 5) is 48.0. The van der Waals surface area contributed by atoms with E-state index in [9.17, 15) is 24.4 Å². The maximum atomic E-state index is 14.4. The van der Waals surface area contributed by atoms with Crippen LogP contribution in [0.15, 0.2) is 70.2 Å². The van der Waals surface area contributed by atoms with Gasteiger partial charge in [-0.25, -0.2) is 0 Å². The van der Waals surface area contributed by atoms with Crippen LogP contribution in [0.3, 0.4) is 0 Å². The number of dihydropyridines is 1. The largest absolute Gasteiger partial charge is 0.488 e. The van der Waals surface area contributed by atoms with Crippen molar-refractivity contribution < 1.29 is 24.4 Å². The molecule has 52 heavy (non-hydrogen) atoms. The first-order chi connectivity index (χ1) is 25.1. The number of nitrogens with zero attached hydrogens (tertiary/aromatic N) is 1. The molecule has 278 valence electrons. The van der Waals surface area contributed by atoms with Crippen molar-refractivity contribution in [2.45, 2.75) is 68.1 Å². The lowest BCUT2D eigenvalue weighted by Gasteiger charge is -2.32. The Morgan fingerprint density at radius 3 is 2.52 bits per heavy atom. The number of thioether (sulfide) groups is 1. The topological polar surface area (TPSA) is 211 Å². The van der Waals surface area contributed by atoms with Crippen molar-refractivity contribution in [3.63, 3.8) is 0 Å². The summed E-state index contributed by atoms with van der Waals surface area (Å²) in [6.07, 6.45) is 8.61.